The Morgan fingerprint density at radius 3 is 2.62 bits per heavy atom. The van der Waals surface area contributed by atoms with Gasteiger partial charge in [-0.3, -0.25) is 16.0 Å². The number of aromatic nitrogens is 2. The fourth-order valence-corrected chi connectivity index (χ4v) is 2.41. The van der Waals surface area contributed by atoms with Crippen molar-refractivity contribution in [3.63, 3.8) is 0 Å². The van der Waals surface area contributed by atoms with Gasteiger partial charge in [-0.05, 0) is 12.1 Å². The summed E-state index contributed by atoms with van der Waals surface area (Å²) in [7, 11) is -4.10. The highest BCUT2D eigenvalue weighted by Gasteiger charge is 2.22. The lowest BCUT2D eigenvalue weighted by molar-refractivity contribution is -0.384. The maximum absolute atomic E-state index is 12.1. The Kier molecular flexibility index (Phi) is 3.73. The van der Waals surface area contributed by atoms with Gasteiger partial charge in [-0.1, -0.05) is 5.10 Å². The largest absolute Gasteiger partial charge is 0.408 e. The van der Waals surface area contributed by atoms with Gasteiger partial charge in [-0.25, -0.2) is 13.1 Å². The van der Waals surface area contributed by atoms with Gasteiger partial charge in [-0.15, -0.1) is 5.10 Å². The third-order valence-corrected chi connectivity index (χ3v) is 3.70. The predicted molar refractivity (Wildman–Crippen MR) is 70.8 cm³/mol. The number of nitrogens with one attached hydrogen (secondary N) is 2. The van der Waals surface area contributed by atoms with Gasteiger partial charge in [0.2, 0.25) is 5.89 Å². The maximum atomic E-state index is 12.1. The molecule has 0 amide bonds. The Morgan fingerprint density at radius 1 is 1.38 bits per heavy atom. The van der Waals surface area contributed by atoms with Crippen LogP contribution in [0.15, 0.2) is 27.5 Å². The molecular weight excluding hydrogens is 304 g/mol. The fraction of sp³-hybridized carbons (Fsp3) is 0.111. The Bertz CT molecular complexity index is 786. The average Bonchev–Trinajstić information content (AvgIpc) is 2.82. The van der Waals surface area contributed by atoms with E-state index in [9.17, 15) is 18.5 Å². The minimum Gasteiger partial charge on any atom is -0.408 e. The van der Waals surface area contributed by atoms with E-state index in [-0.39, 0.29) is 22.5 Å². The molecule has 0 spiro atoms. The van der Waals surface area contributed by atoms with E-state index in [1.807, 2.05) is 4.72 Å². The van der Waals surface area contributed by atoms with Gasteiger partial charge in [0.15, 0.2) is 0 Å². The van der Waals surface area contributed by atoms with Crippen LogP contribution in [0.2, 0.25) is 0 Å². The molecule has 1 aromatic heterocycles. The fourth-order valence-electron chi connectivity index (χ4n) is 1.46. The van der Waals surface area contributed by atoms with Gasteiger partial charge in [-0.2, -0.15) is 0 Å². The molecule has 0 aliphatic carbocycles. The van der Waals surface area contributed by atoms with Crippen LogP contribution >= 0.6 is 0 Å². The van der Waals surface area contributed by atoms with Crippen LogP contribution in [0.1, 0.15) is 5.89 Å². The molecule has 0 saturated heterocycles. The third-order valence-electron chi connectivity index (χ3n) is 2.38. The summed E-state index contributed by atoms with van der Waals surface area (Å²) in [6.45, 7) is 1.48. The second kappa shape index (κ2) is 5.34. The SMILES string of the molecule is Cc1nnc(NS(=O)(=O)c2ccc(NN)c([N+](=O)[O-])c2)o1. The first-order valence-electron chi connectivity index (χ1n) is 5.41. The highest BCUT2D eigenvalue weighted by molar-refractivity contribution is 7.92. The predicted octanol–water partition coefficient (Wildman–Crippen LogP) is 0.373. The zero-order chi connectivity index (χ0) is 15.6. The highest BCUT2D eigenvalue weighted by Crippen LogP contribution is 2.27. The lowest BCUT2D eigenvalue weighted by Crippen LogP contribution is -2.15. The molecule has 2 rings (SSSR count). The number of nitro benzene ring substituents is 1. The molecule has 11 nitrogen and oxygen atoms in total. The number of anilines is 2. The number of nitrogens with two attached hydrogens (primary N) is 1. The van der Waals surface area contributed by atoms with Crippen LogP contribution in [0.3, 0.4) is 0 Å². The van der Waals surface area contributed by atoms with Gasteiger partial charge < -0.3 is 9.84 Å². The molecule has 0 saturated carbocycles. The molecule has 1 aromatic carbocycles. The van der Waals surface area contributed by atoms with Crippen LogP contribution in [0, 0.1) is 17.0 Å². The molecule has 1 heterocycles. The van der Waals surface area contributed by atoms with Crippen molar-refractivity contribution >= 4 is 27.4 Å². The monoisotopic (exact) mass is 314 g/mol. The quantitative estimate of drug-likeness (QED) is 0.401. The molecule has 0 atom stereocenters. The second-order valence-corrected chi connectivity index (χ2v) is 5.49. The maximum Gasteiger partial charge on any atom is 0.329 e. The molecule has 0 fully saturated rings. The van der Waals surface area contributed by atoms with E-state index in [1.165, 1.54) is 13.0 Å². The van der Waals surface area contributed by atoms with Crippen LogP contribution < -0.4 is 16.0 Å². The number of aryl methyl sites for hydroxylation is 1. The number of sulfonamides is 1. The molecule has 0 unspecified atom stereocenters. The minimum atomic E-state index is -4.10. The number of hydrazine groups is 1. The van der Waals surface area contributed by atoms with Crippen LogP contribution in [0.4, 0.5) is 17.4 Å². The molecule has 0 aliphatic rings. The molecule has 0 radical (unpaired) electrons. The van der Waals surface area contributed by atoms with Gasteiger partial charge >= 0.3 is 6.01 Å². The van der Waals surface area contributed by atoms with E-state index in [0.29, 0.717) is 0 Å². The molecule has 2 aromatic rings. The Balaban J connectivity index is 2.40. The van der Waals surface area contributed by atoms with Crippen molar-refractivity contribution in [2.24, 2.45) is 5.84 Å². The van der Waals surface area contributed by atoms with Gasteiger partial charge in [0.25, 0.3) is 15.7 Å². The molecule has 21 heavy (non-hydrogen) atoms. The van der Waals surface area contributed by atoms with E-state index in [1.54, 1.807) is 0 Å². The summed E-state index contributed by atoms with van der Waals surface area (Å²) in [5.41, 5.74) is 1.61. The minimum absolute atomic E-state index is 0.0208. The number of benzene rings is 1. The van der Waals surface area contributed by atoms with Crippen LogP contribution in [0.25, 0.3) is 0 Å². The number of hydrogen-bond donors (Lipinski definition) is 3. The summed E-state index contributed by atoms with van der Waals surface area (Å²) in [6, 6.07) is 2.84. The first-order valence-corrected chi connectivity index (χ1v) is 6.90. The highest BCUT2D eigenvalue weighted by atomic mass is 32.2. The van der Waals surface area contributed by atoms with Crippen molar-refractivity contribution in [2.75, 3.05) is 10.1 Å². The summed E-state index contributed by atoms with van der Waals surface area (Å²) in [4.78, 5) is 9.77. The number of nitrogen functional groups attached to an aromatic ring is 1. The molecule has 0 bridgehead atoms. The zero-order valence-electron chi connectivity index (χ0n) is 10.6. The normalized spacial score (nSPS) is 11.1. The summed E-state index contributed by atoms with van der Waals surface area (Å²) >= 11 is 0. The summed E-state index contributed by atoms with van der Waals surface area (Å²) < 4.78 is 31.0. The summed E-state index contributed by atoms with van der Waals surface area (Å²) in [5.74, 6) is 5.29. The first kappa shape index (κ1) is 14.7. The van der Waals surface area contributed by atoms with Crippen molar-refractivity contribution in [3.05, 3.63) is 34.2 Å². The lowest BCUT2D eigenvalue weighted by Gasteiger charge is -2.06. The second-order valence-electron chi connectivity index (χ2n) is 3.81. The van der Waals surface area contributed by atoms with Crippen molar-refractivity contribution in [3.8, 4) is 0 Å². The van der Waals surface area contributed by atoms with Crippen molar-refractivity contribution < 1.29 is 17.8 Å². The van der Waals surface area contributed by atoms with Crippen molar-refractivity contribution in [1.29, 1.82) is 0 Å². The summed E-state index contributed by atoms with van der Waals surface area (Å²) in [5, 5.41) is 17.8. The smallest absolute Gasteiger partial charge is 0.329 e. The van der Waals surface area contributed by atoms with Crippen LogP contribution in [-0.4, -0.2) is 23.5 Å². The van der Waals surface area contributed by atoms with E-state index in [4.69, 9.17) is 10.3 Å². The standard InChI is InChI=1S/C9H10N6O5S/c1-5-12-13-9(20-5)14-21(18,19)6-2-3-7(11-10)8(4-6)15(16)17/h2-4,11H,10H2,1H3,(H,13,14). The third kappa shape index (κ3) is 3.06. The lowest BCUT2D eigenvalue weighted by atomic mass is 10.3. The van der Waals surface area contributed by atoms with Crippen LogP contribution in [-0.2, 0) is 10.0 Å². The summed E-state index contributed by atoms with van der Waals surface area (Å²) in [6.07, 6.45) is 0. The van der Waals surface area contributed by atoms with Gasteiger partial charge in [0.1, 0.15) is 5.69 Å². The van der Waals surface area contributed by atoms with Crippen LogP contribution in [0.5, 0.6) is 0 Å². The number of nitro groups is 1. The van der Waals surface area contributed by atoms with E-state index < -0.39 is 20.6 Å². The molecule has 4 N–H and O–H groups in total. The first-order chi connectivity index (χ1) is 9.83. The number of rotatable bonds is 5. The number of nitrogens with zero attached hydrogens (tertiary/aromatic N) is 3. The molecule has 12 heteroatoms. The average molecular weight is 314 g/mol. The topological polar surface area (TPSA) is 166 Å². The van der Waals surface area contributed by atoms with Crippen molar-refractivity contribution in [1.82, 2.24) is 10.2 Å². The van der Waals surface area contributed by atoms with Crippen molar-refractivity contribution in [2.45, 2.75) is 11.8 Å². The number of hydrogen-bond acceptors (Lipinski definition) is 9. The van der Waals surface area contributed by atoms with Gasteiger partial charge in [0.05, 0.1) is 9.82 Å². The Hall–Kier alpha value is -2.73. The zero-order valence-corrected chi connectivity index (χ0v) is 11.4. The molecule has 0 aliphatic heterocycles. The van der Waals surface area contributed by atoms with E-state index in [0.717, 1.165) is 12.1 Å². The molecule has 112 valence electrons. The van der Waals surface area contributed by atoms with E-state index in [2.05, 4.69) is 15.6 Å². The van der Waals surface area contributed by atoms with Gasteiger partial charge in [0, 0.05) is 13.0 Å². The Morgan fingerprint density at radius 2 is 2.10 bits per heavy atom. The Labute approximate surface area is 118 Å². The molecular formula is C9H10N6O5S. The van der Waals surface area contributed by atoms with E-state index >= 15 is 0 Å².